The number of hydrogen-bond acceptors (Lipinski definition) is 3. The lowest BCUT2D eigenvalue weighted by molar-refractivity contribution is -0.142. The van der Waals surface area contributed by atoms with Gasteiger partial charge in [0.05, 0.1) is 7.11 Å². The molecule has 0 unspecified atom stereocenters. The highest BCUT2D eigenvalue weighted by Gasteiger charge is 2.44. The third-order valence-electron chi connectivity index (χ3n) is 3.97. The summed E-state index contributed by atoms with van der Waals surface area (Å²) in [5.74, 6) is -0.127. The molecule has 1 aliphatic rings. The lowest BCUT2D eigenvalue weighted by atomic mass is 9.95. The van der Waals surface area contributed by atoms with Crippen LogP contribution in [-0.2, 0) is 17.6 Å². The number of carboxylic acids is 1. The van der Waals surface area contributed by atoms with Crippen LogP contribution in [0.2, 0.25) is 0 Å². The minimum atomic E-state index is -0.990. The zero-order valence-electron chi connectivity index (χ0n) is 11.8. The van der Waals surface area contributed by atoms with Gasteiger partial charge in [0, 0.05) is 24.6 Å². The van der Waals surface area contributed by atoms with E-state index in [9.17, 15) is 9.90 Å². The maximum Gasteiger partial charge on any atom is 0.330 e. The van der Waals surface area contributed by atoms with Crippen LogP contribution in [0.3, 0.4) is 0 Å². The summed E-state index contributed by atoms with van der Waals surface area (Å²) in [6.45, 7) is 0. The molecule has 0 heterocycles. The van der Waals surface area contributed by atoms with Gasteiger partial charge >= 0.3 is 5.97 Å². The number of methoxy groups -OCH3 is 1. The number of carbonyl (C=O) groups is 1. The molecule has 21 heavy (non-hydrogen) atoms. The molecule has 4 nitrogen and oxygen atoms in total. The summed E-state index contributed by atoms with van der Waals surface area (Å²) >= 11 is 0. The van der Waals surface area contributed by atoms with Crippen molar-refractivity contribution in [3.8, 4) is 5.75 Å². The van der Waals surface area contributed by atoms with Crippen LogP contribution in [0.1, 0.15) is 11.1 Å². The van der Waals surface area contributed by atoms with Crippen LogP contribution >= 0.6 is 0 Å². The number of ether oxygens (including phenoxy) is 1. The molecule has 4 heteroatoms. The van der Waals surface area contributed by atoms with Gasteiger partial charge in [0.2, 0.25) is 0 Å². The van der Waals surface area contributed by atoms with E-state index in [0.29, 0.717) is 18.6 Å². The van der Waals surface area contributed by atoms with E-state index in [1.165, 1.54) is 0 Å². The predicted octanol–water partition coefficient (Wildman–Crippen LogP) is 2.73. The van der Waals surface area contributed by atoms with Gasteiger partial charge < -0.3 is 15.2 Å². The molecule has 0 saturated heterocycles. The van der Waals surface area contributed by atoms with Gasteiger partial charge in [0.25, 0.3) is 0 Å². The Morgan fingerprint density at radius 3 is 2.38 bits per heavy atom. The normalized spacial score (nSPS) is 15.3. The van der Waals surface area contributed by atoms with E-state index in [4.69, 9.17) is 4.74 Å². The number of hydrogen-bond donors (Lipinski definition) is 2. The Kier molecular flexibility index (Phi) is 3.29. The highest BCUT2D eigenvalue weighted by molar-refractivity contribution is 5.85. The molecule has 0 aliphatic heterocycles. The summed E-state index contributed by atoms with van der Waals surface area (Å²) in [6, 6.07) is 15.2. The number of rotatable bonds is 4. The second kappa shape index (κ2) is 5.13. The summed E-state index contributed by atoms with van der Waals surface area (Å²) in [6.07, 6.45) is 0.964. The molecule has 2 N–H and O–H groups in total. The van der Waals surface area contributed by atoms with Gasteiger partial charge in [-0.15, -0.1) is 0 Å². The first-order chi connectivity index (χ1) is 10.1. The predicted molar refractivity (Wildman–Crippen MR) is 80.8 cm³/mol. The van der Waals surface area contributed by atoms with Crippen molar-refractivity contribution in [2.45, 2.75) is 18.4 Å². The first-order valence-corrected chi connectivity index (χ1v) is 6.85. The van der Waals surface area contributed by atoms with Gasteiger partial charge in [-0.3, -0.25) is 0 Å². The van der Waals surface area contributed by atoms with Crippen LogP contribution in [0.4, 0.5) is 5.69 Å². The summed E-state index contributed by atoms with van der Waals surface area (Å²) in [7, 11) is 1.59. The van der Waals surface area contributed by atoms with Crippen LogP contribution in [-0.4, -0.2) is 23.7 Å². The fraction of sp³-hybridized carbons (Fsp3) is 0.235. The average Bonchev–Trinajstić information content (AvgIpc) is 2.86. The van der Waals surface area contributed by atoms with Crippen LogP contribution in [0.15, 0.2) is 48.5 Å². The maximum absolute atomic E-state index is 11.9. The topological polar surface area (TPSA) is 58.6 Å². The van der Waals surface area contributed by atoms with Crippen LogP contribution in [0.5, 0.6) is 5.75 Å². The smallest absolute Gasteiger partial charge is 0.330 e. The number of anilines is 1. The summed E-state index contributed by atoms with van der Waals surface area (Å²) < 4.78 is 5.19. The van der Waals surface area contributed by atoms with Gasteiger partial charge in [-0.05, 0) is 23.3 Å². The fourth-order valence-corrected chi connectivity index (χ4v) is 2.89. The molecular formula is C17H17NO3. The van der Waals surface area contributed by atoms with E-state index in [1.54, 1.807) is 7.11 Å². The van der Waals surface area contributed by atoms with Crippen molar-refractivity contribution in [3.05, 3.63) is 59.7 Å². The number of carboxylic acid groups (broad SMARTS) is 1. The maximum atomic E-state index is 11.9. The minimum absolute atomic E-state index is 0.482. The molecule has 108 valence electrons. The highest BCUT2D eigenvalue weighted by Crippen LogP contribution is 2.34. The Bertz CT molecular complexity index is 656. The van der Waals surface area contributed by atoms with Crippen molar-refractivity contribution in [2.24, 2.45) is 0 Å². The lowest BCUT2D eigenvalue weighted by Gasteiger charge is -2.27. The summed E-state index contributed by atoms with van der Waals surface area (Å²) in [5.41, 5.74) is 1.95. The summed E-state index contributed by atoms with van der Waals surface area (Å²) in [4.78, 5) is 11.9. The van der Waals surface area contributed by atoms with E-state index in [2.05, 4.69) is 5.32 Å². The van der Waals surface area contributed by atoms with Crippen molar-refractivity contribution in [2.75, 3.05) is 12.4 Å². The minimum Gasteiger partial charge on any atom is -0.497 e. The van der Waals surface area contributed by atoms with Crippen LogP contribution in [0.25, 0.3) is 0 Å². The van der Waals surface area contributed by atoms with Crippen LogP contribution in [0, 0.1) is 0 Å². The molecule has 0 fully saturated rings. The molecule has 0 aromatic heterocycles. The number of fused-ring (bicyclic) bond motifs is 1. The van der Waals surface area contributed by atoms with Crippen molar-refractivity contribution in [1.82, 2.24) is 0 Å². The van der Waals surface area contributed by atoms with Crippen molar-refractivity contribution in [1.29, 1.82) is 0 Å². The van der Waals surface area contributed by atoms with Crippen LogP contribution < -0.4 is 10.1 Å². The molecule has 2 aromatic rings. The van der Waals surface area contributed by atoms with Gasteiger partial charge in [-0.25, -0.2) is 4.79 Å². The average molecular weight is 283 g/mol. The summed E-state index contributed by atoms with van der Waals surface area (Å²) in [5, 5.41) is 12.9. The molecule has 0 spiro atoms. The highest BCUT2D eigenvalue weighted by atomic mass is 16.5. The third-order valence-corrected chi connectivity index (χ3v) is 3.97. The molecule has 1 aliphatic carbocycles. The first kappa shape index (κ1) is 13.5. The second-order valence-corrected chi connectivity index (χ2v) is 5.37. The molecule has 0 radical (unpaired) electrons. The lowest BCUT2D eigenvalue weighted by Crippen LogP contribution is -2.47. The molecule has 0 atom stereocenters. The SMILES string of the molecule is COc1cccc(NC2(C(=O)O)Cc3ccccc3C2)c1. The van der Waals surface area contributed by atoms with E-state index >= 15 is 0 Å². The third kappa shape index (κ3) is 2.44. The number of nitrogens with one attached hydrogen (secondary N) is 1. The Hall–Kier alpha value is -2.49. The molecule has 3 rings (SSSR count). The second-order valence-electron chi connectivity index (χ2n) is 5.37. The standard InChI is InChI=1S/C17H17NO3/c1-21-15-8-4-7-14(9-15)18-17(16(19)20)10-12-5-2-3-6-13(12)11-17/h2-9,18H,10-11H2,1H3,(H,19,20). The van der Waals surface area contributed by atoms with E-state index in [-0.39, 0.29) is 0 Å². The number of aliphatic carboxylic acids is 1. The largest absolute Gasteiger partial charge is 0.497 e. The first-order valence-electron chi connectivity index (χ1n) is 6.85. The van der Waals surface area contributed by atoms with Gasteiger partial charge in [-0.2, -0.15) is 0 Å². The van der Waals surface area contributed by atoms with Gasteiger partial charge in [0.15, 0.2) is 0 Å². The quantitative estimate of drug-likeness (QED) is 0.906. The Morgan fingerprint density at radius 1 is 1.14 bits per heavy atom. The number of benzene rings is 2. The molecule has 2 aromatic carbocycles. The molecule has 0 saturated carbocycles. The molecule has 0 amide bonds. The monoisotopic (exact) mass is 283 g/mol. The van der Waals surface area contributed by atoms with Gasteiger partial charge in [0.1, 0.15) is 11.3 Å². The van der Waals surface area contributed by atoms with Crippen molar-refractivity contribution >= 4 is 11.7 Å². The Balaban J connectivity index is 1.92. The zero-order chi connectivity index (χ0) is 14.9. The Labute approximate surface area is 123 Å². The van der Waals surface area contributed by atoms with Crippen molar-refractivity contribution in [3.63, 3.8) is 0 Å². The fourth-order valence-electron chi connectivity index (χ4n) is 2.89. The Morgan fingerprint density at radius 2 is 1.81 bits per heavy atom. The van der Waals surface area contributed by atoms with E-state index in [1.807, 2.05) is 48.5 Å². The van der Waals surface area contributed by atoms with E-state index < -0.39 is 11.5 Å². The van der Waals surface area contributed by atoms with E-state index in [0.717, 1.165) is 16.8 Å². The zero-order valence-corrected chi connectivity index (χ0v) is 11.8. The molecular weight excluding hydrogens is 266 g/mol. The molecule has 0 bridgehead atoms. The van der Waals surface area contributed by atoms with Gasteiger partial charge in [-0.1, -0.05) is 30.3 Å². The van der Waals surface area contributed by atoms with Crippen molar-refractivity contribution < 1.29 is 14.6 Å².